The van der Waals surface area contributed by atoms with Crippen LogP contribution in [-0.2, 0) is 11.3 Å². The number of rotatable bonds is 7. The number of halogens is 2. The predicted molar refractivity (Wildman–Crippen MR) is 124 cm³/mol. The van der Waals surface area contributed by atoms with Crippen molar-refractivity contribution in [1.29, 1.82) is 0 Å². The molecule has 0 aliphatic heterocycles. The molecule has 0 aliphatic rings. The molecule has 0 fully saturated rings. The van der Waals surface area contributed by atoms with Gasteiger partial charge in [-0.3, -0.25) is 14.7 Å². The molecule has 0 bridgehead atoms. The number of benzene rings is 2. The van der Waals surface area contributed by atoms with Gasteiger partial charge in [-0.05, 0) is 48.5 Å². The Bertz CT molecular complexity index is 1220. The maximum atomic E-state index is 13.1. The highest BCUT2D eigenvalue weighted by molar-refractivity contribution is 7.22. The molecule has 9 heteroatoms. The van der Waals surface area contributed by atoms with E-state index < -0.39 is 0 Å². The van der Waals surface area contributed by atoms with Gasteiger partial charge in [-0.1, -0.05) is 40.6 Å². The first-order chi connectivity index (χ1) is 15.0. The second-order valence-electron chi connectivity index (χ2n) is 6.49. The second kappa shape index (κ2) is 9.51. The summed E-state index contributed by atoms with van der Waals surface area (Å²) in [6.45, 7) is 0.0434. The van der Waals surface area contributed by atoms with E-state index in [1.807, 2.05) is 36.4 Å². The third-order valence-corrected chi connectivity index (χ3v) is 5.98. The number of carbonyl (C=O) groups is 1. The van der Waals surface area contributed by atoms with E-state index in [1.54, 1.807) is 36.4 Å². The maximum Gasteiger partial charge on any atom is 0.267 e. The van der Waals surface area contributed by atoms with Crippen molar-refractivity contribution in [3.63, 3.8) is 0 Å². The van der Waals surface area contributed by atoms with Crippen LogP contribution in [0.15, 0.2) is 60.8 Å². The minimum atomic E-state index is -0.275. The summed E-state index contributed by atoms with van der Waals surface area (Å²) in [5.74, 6) is 0.833. The van der Waals surface area contributed by atoms with Gasteiger partial charge in [-0.2, -0.15) is 0 Å². The molecular weight excluding hydrogens is 457 g/mol. The fraction of sp³-hybridized carbons (Fsp3) is 0.136. The SMILES string of the molecule is COc1ccc2nc(N(Cc3ccccn3)C(=O)COc3ccc(Cl)cc3Cl)sc2c1. The van der Waals surface area contributed by atoms with E-state index in [0.717, 1.165) is 21.7 Å². The number of pyridine rings is 1. The molecule has 0 saturated carbocycles. The van der Waals surface area contributed by atoms with Crippen LogP contribution in [0.5, 0.6) is 11.5 Å². The fourth-order valence-electron chi connectivity index (χ4n) is 2.86. The van der Waals surface area contributed by atoms with Crippen molar-refractivity contribution in [3.8, 4) is 11.5 Å². The largest absolute Gasteiger partial charge is 0.497 e. The summed E-state index contributed by atoms with van der Waals surface area (Å²) in [5.41, 5.74) is 1.51. The number of thiazole rings is 1. The number of hydrogen-bond acceptors (Lipinski definition) is 6. The molecule has 158 valence electrons. The molecule has 0 spiro atoms. The molecule has 4 rings (SSSR count). The second-order valence-corrected chi connectivity index (χ2v) is 8.35. The fourth-order valence-corrected chi connectivity index (χ4v) is 4.33. The van der Waals surface area contributed by atoms with Gasteiger partial charge in [-0.25, -0.2) is 4.98 Å². The van der Waals surface area contributed by atoms with Crippen molar-refractivity contribution in [2.45, 2.75) is 6.54 Å². The molecule has 0 aliphatic carbocycles. The summed E-state index contributed by atoms with van der Waals surface area (Å²) < 4.78 is 11.9. The number of anilines is 1. The van der Waals surface area contributed by atoms with E-state index in [2.05, 4.69) is 9.97 Å². The lowest BCUT2D eigenvalue weighted by Gasteiger charge is -2.20. The van der Waals surface area contributed by atoms with Gasteiger partial charge in [0.1, 0.15) is 11.5 Å². The first-order valence-corrected chi connectivity index (χ1v) is 10.8. The van der Waals surface area contributed by atoms with Crippen molar-refractivity contribution in [2.24, 2.45) is 0 Å². The Morgan fingerprint density at radius 2 is 2.00 bits per heavy atom. The number of ether oxygens (including phenoxy) is 2. The number of aromatic nitrogens is 2. The van der Waals surface area contributed by atoms with E-state index in [0.29, 0.717) is 20.9 Å². The van der Waals surface area contributed by atoms with Crippen LogP contribution in [0.25, 0.3) is 10.2 Å². The molecule has 2 heterocycles. The minimum Gasteiger partial charge on any atom is -0.497 e. The number of amides is 1. The number of fused-ring (bicyclic) bond motifs is 1. The normalized spacial score (nSPS) is 10.8. The summed E-state index contributed by atoms with van der Waals surface area (Å²) in [6, 6.07) is 16.0. The van der Waals surface area contributed by atoms with Crippen LogP contribution < -0.4 is 14.4 Å². The van der Waals surface area contributed by atoms with Crippen LogP contribution in [0.4, 0.5) is 5.13 Å². The van der Waals surface area contributed by atoms with Gasteiger partial charge >= 0.3 is 0 Å². The molecule has 0 saturated heterocycles. The zero-order valence-electron chi connectivity index (χ0n) is 16.4. The standard InChI is InChI=1S/C22H17Cl2N3O3S/c1-29-16-6-7-18-20(11-16)31-22(26-18)27(12-15-4-2-3-9-25-15)21(28)13-30-19-8-5-14(23)10-17(19)24/h2-11H,12-13H2,1H3. The van der Waals surface area contributed by atoms with Crippen LogP contribution in [0, 0.1) is 0 Å². The zero-order valence-corrected chi connectivity index (χ0v) is 18.7. The Hall–Kier alpha value is -2.87. The van der Waals surface area contributed by atoms with E-state index >= 15 is 0 Å². The summed E-state index contributed by atoms with van der Waals surface area (Å²) in [5, 5.41) is 1.37. The van der Waals surface area contributed by atoms with Crippen LogP contribution >= 0.6 is 34.5 Å². The van der Waals surface area contributed by atoms with Crippen molar-refractivity contribution in [2.75, 3.05) is 18.6 Å². The van der Waals surface area contributed by atoms with Gasteiger partial charge in [0.2, 0.25) is 0 Å². The minimum absolute atomic E-state index is 0.215. The van der Waals surface area contributed by atoms with Gasteiger partial charge in [0.15, 0.2) is 11.7 Å². The van der Waals surface area contributed by atoms with Gasteiger partial charge in [-0.15, -0.1) is 0 Å². The van der Waals surface area contributed by atoms with E-state index in [-0.39, 0.29) is 19.1 Å². The lowest BCUT2D eigenvalue weighted by molar-refractivity contribution is -0.120. The molecule has 2 aromatic carbocycles. The first-order valence-electron chi connectivity index (χ1n) is 9.26. The summed E-state index contributed by atoms with van der Waals surface area (Å²) in [4.78, 5) is 23.7. The van der Waals surface area contributed by atoms with E-state index in [9.17, 15) is 4.79 Å². The van der Waals surface area contributed by atoms with Crippen LogP contribution in [-0.4, -0.2) is 29.6 Å². The quantitative estimate of drug-likeness (QED) is 0.348. The average Bonchev–Trinajstić information content (AvgIpc) is 3.20. The molecular formula is C22H17Cl2N3O3S. The summed E-state index contributed by atoms with van der Waals surface area (Å²) in [7, 11) is 1.61. The molecule has 1 amide bonds. The number of carbonyl (C=O) groups excluding carboxylic acids is 1. The van der Waals surface area contributed by atoms with Crippen LogP contribution in [0.3, 0.4) is 0 Å². The molecule has 2 aromatic heterocycles. The van der Waals surface area contributed by atoms with Gasteiger partial charge in [0.25, 0.3) is 5.91 Å². The molecule has 6 nitrogen and oxygen atoms in total. The Morgan fingerprint density at radius 1 is 1.13 bits per heavy atom. The third-order valence-electron chi connectivity index (χ3n) is 4.41. The maximum absolute atomic E-state index is 13.1. The molecule has 31 heavy (non-hydrogen) atoms. The molecule has 4 aromatic rings. The van der Waals surface area contributed by atoms with Crippen molar-refractivity contribution < 1.29 is 14.3 Å². The number of nitrogens with zero attached hydrogens (tertiary/aromatic N) is 3. The van der Waals surface area contributed by atoms with Crippen LogP contribution in [0.2, 0.25) is 10.0 Å². The van der Waals surface area contributed by atoms with Gasteiger partial charge in [0, 0.05) is 11.2 Å². The highest BCUT2D eigenvalue weighted by Crippen LogP contribution is 2.33. The smallest absolute Gasteiger partial charge is 0.267 e. The van der Waals surface area contributed by atoms with Gasteiger partial charge in [0.05, 0.1) is 34.6 Å². The lowest BCUT2D eigenvalue weighted by atomic mass is 10.3. The summed E-state index contributed by atoms with van der Waals surface area (Å²) in [6.07, 6.45) is 1.69. The molecule has 0 unspecified atom stereocenters. The average molecular weight is 474 g/mol. The predicted octanol–water partition coefficient (Wildman–Crippen LogP) is 5.62. The van der Waals surface area contributed by atoms with Crippen molar-refractivity contribution in [3.05, 3.63) is 76.5 Å². The highest BCUT2D eigenvalue weighted by atomic mass is 35.5. The van der Waals surface area contributed by atoms with Crippen LogP contribution in [0.1, 0.15) is 5.69 Å². The molecule has 0 N–H and O–H groups in total. The Balaban J connectivity index is 1.61. The van der Waals surface area contributed by atoms with E-state index in [1.165, 1.54) is 11.3 Å². The van der Waals surface area contributed by atoms with Crippen molar-refractivity contribution in [1.82, 2.24) is 9.97 Å². The summed E-state index contributed by atoms with van der Waals surface area (Å²) >= 11 is 13.5. The Morgan fingerprint density at radius 3 is 2.74 bits per heavy atom. The van der Waals surface area contributed by atoms with E-state index in [4.69, 9.17) is 32.7 Å². The Labute approximate surface area is 193 Å². The third kappa shape index (κ3) is 5.07. The molecule has 0 radical (unpaired) electrons. The molecule has 0 atom stereocenters. The topological polar surface area (TPSA) is 64.5 Å². The number of hydrogen-bond donors (Lipinski definition) is 0. The first kappa shape index (κ1) is 21.4. The van der Waals surface area contributed by atoms with Gasteiger partial charge < -0.3 is 9.47 Å². The lowest BCUT2D eigenvalue weighted by Crippen LogP contribution is -2.34. The Kier molecular flexibility index (Phi) is 6.56. The zero-order chi connectivity index (χ0) is 21.8. The number of methoxy groups -OCH3 is 1. The monoisotopic (exact) mass is 473 g/mol. The van der Waals surface area contributed by atoms with Crippen molar-refractivity contribution >= 4 is 55.8 Å². The highest BCUT2D eigenvalue weighted by Gasteiger charge is 2.22.